The van der Waals surface area contributed by atoms with E-state index in [1.165, 1.54) is 21.7 Å². The maximum absolute atomic E-state index is 2.22. The predicted octanol–water partition coefficient (Wildman–Crippen LogP) is 2.79. The van der Waals surface area contributed by atoms with Crippen LogP contribution in [-0.4, -0.2) is 6.91 Å². The SMILES string of the molecule is Cc1bc2ccccc2c(C)c1. The summed E-state index contributed by atoms with van der Waals surface area (Å²) >= 11 is 0. The second kappa shape index (κ2) is 2.74. The van der Waals surface area contributed by atoms with Crippen molar-refractivity contribution >= 4 is 17.6 Å². The number of hydrogen-bond acceptors (Lipinski definition) is 0. The third-order valence-corrected chi connectivity index (χ3v) is 2.21. The molecule has 0 spiro atoms. The maximum atomic E-state index is 2.22. The number of hydrogen-bond donors (Lipinski definition) is 0. The molecule has 58 valence electrons. The average Bonchev–Trinajstić information content (AvgIpc) is 2.04. The summed E-state index contributed by atoms with van der Waals surface area (Å²) in [5.74, 6) is 0. The quantitative estimate of drug-likeness (QED) is 0.547. The summed E-state index contributed by atoms with van der Waals surface area (Å²) in [7, 11) is 0. The molecular weight excluding hydrogens is 143 g/mol. The molecular formula is C11H11B. The molecule has 0 bridgehead atoms. The van der Waals surface area contributed by atoms with Crippen molar-refractivity contribution in [2.75, 3.05) is 0 Å². The van der Waals surface area contributed by atoms with Crippen molar-refractivity contribution in [1.29, 1.82) is 0 Å². The molecule has 0 fully saturated rings. The van der Waals surface area contributed by atoms with Crippen LogP contribution in [0, 0.1) is 13.8 Å². The van der Waals surface area contributed by atoms with Gasteiger partial charge in [-0.3, -0.25) is 0 Å². The van der Waals surface area contributed by atoms with Gasteiger partial charge in [-0.1, -0.05) is 0 Å². The van der Waals surface area contributed by atoms with E-state index in [1.807, 2.05) is 0 Å². The fourth-order valence-corrected chi connectivity index (χ4v) is 1.69. The van der Waals surface area contributed by atoms with Gasteiger partial charge in [0.2, 0.25) is 0 Å². The van der Waals surface area contributed by atoms with Crippen LogP contribution in [-0.2, 0) is 0 Å². The summed E-state index contributed by atoms with van der Waals surface area (Å²) in [5, 5.41) is 2.71. The van der Waals surface area contributed by atoms with Gasteiger partial charge in [0.1, 0.15) is 0 Å². The summed E-state index contributed by atoms with van der Waals surface area (Å²) in [5.41, 5.74) is 2.71. The molecule has 2 aromatic rings. The molecule has 0 saturated heterocycles. The first kappa shape index (κ1) is 7.54. The fraction of sp³-hybridized carbons (Fsp3) is 0.182. The summed E-state index contributed by atoms with van der Waals surface area (Å²) in [6, 6.07) is 10.7. The summed E-state index contributed by atoms with van der Waals surface area (Å²) in [6.07, 6.45) is 0. The number of benzene rings is 1. The van der Waals surface area contributed by atoms with E-state index in [1.54, 1.807) is 0 Å². The molecule has 0 radical (unpaired) electrons. The molecule has 0 nitrogen and oxygen atoms in total. The first-order valence-corrected chi connectivity index (χ1v) is 4.23. The van der Waals surface area contributed by atoms with Crippen molar-refractivity contribution < 1.29 is 0 Å². The first-order chi connectivity index (χ1) is 5.77. The van der Waals surface area contributed by atoms with E-state index in [0.29, 0.717) is 0 Å². The Kier molecular flexibility index (Phi) is 1.72. The fourth-order valence-electron chi connectivity index (χ4n) is 1.69. The molecule has 0 unspecified atom stereocenters. The van der Waals surface area contributed by atoms with Gasteiger partial charge in [0.05, 0.1) is 0 Å². The first-order valence-electron chi connectivity index (χ1n) is 4.23. The summed E-state index contributed by atoms with van der Waals surface area (Å²) in [6.45, 7) is 6.52. The Morgan fingerprint density at radius 3 is 2.67 bits per heavy atom. The van der Waals surface area contributed by atoms with E-state index in [4.69, 9.17) is 0 Å². The van der Waals surface area contributed by atoms with Crippen molar-refractivity contribution in [3.05, 3.63) is 41.4 Å². The van der Waals surface area contributed by atoms with Crippen LogP contribution in [0.2, 0.25) is 0 Å². The molecule has 1 heteroatoms. The van der Waals surface area contributed by atoms with E-state index in [2.05, 4.69) is 51.1 Å². The summed E-state index contributed by atoms with van der Waals surface area (Å²) in [4.78, 5) is 0. The van der Waals surface area contributed by atoms with Crippen LogP contribution in [0.3, 0.4) is 0 Å². The Morgan fingerprint density at radius 1 is 1.08 bits per heavy atom. The predicted molar refractivity (Wildman–Crippen MR) is 54.8 cm³/mol. The Balaban J connectivity index is 2.89. The molecule has 2 rings (SSSR count). The Bertz CT molecular complexity index is 418. The zero-order valence-electron chi connectivity index (χ0n) is 7.46. The van der Waals surface area contributed by atoms with Crippen LogP contribution in [0.15, 0.2) is 30.3 Å². The van der Waals surface area contributed by atoms with Gasteiger partial charge in [-0.05, 0) is 0 Å². The van der Waals surface area contributed by atoms with Crippen LogP contribution < -0.4 is 0 Å². The molecule has 0 aliphatic carbocycles. The van der Waals surface area contributed by atoms with Crippen molar-refractivity contribution in [3.63, 3.8) is 0 Å². The monoisotopic (exact) mass is 154 g/mol. The molecule has 1 heterocycles. The second-order valence-electron chi connectivity index (χ2n) is 3.30. The normalized spacial score (nSPS) is 10.2. The minimum absolute atomic E-state index is 1.34. The Labute approximate surface area is 73.4 Å². The third-order valence-electron chi connectivity index (χ3n) is 2.21. The van der Waals surface area contributed by atoms with Crippen molar-refractivity contribution in [2.45, 2.75) is 13.8 Å². The second-order valence-corrected chi connectivity index (χ2v) is 3.30. The number of fused-ring (bicyclic) bond motifs is 1. The van der Waals surface area contributed by atoms with Gasteiger partial charge in [-0.2, -0.15) is 0 Å². The molecule has 0 atom stereocenters. The number of aryl methyl sites for hydroxylation is 2. The zero-order chi connectivity index (χ0) is 8.55. The Hall–Kier alpha value is -1.11. The van der Waals surface area contributed by atoms with Gasteiger partial charge in [0, 0.05) is 0 Å². The van der Waals surface area contributed by atoms with E-state index in [0.717, 1.165) is 0 Å². The van der Waals surface area contributed by atoms with E-state index < -0.39 is 0 Å². The molecule has 1 aromatic carbocycles. The molecule has 1 aromatic heterocycles. The van der Waals surface area contributed by atoms with Crippen molar-refractivity contribution in [2.24, 2.45) is 0 Å². The van der Waals surface area contributed by atoms with Gasteiger partial charge in [0.25, 0.3) is 0 Å². The van der Waals surface area contributed by atoms with Crippen LogP contribution >= 0.6 is 0 Å². The van der Waals surface area contributed by atoms with Crippen LogP contribution in [0.5, 0.6) is 0 Å². The zero-order valence-corrected chi connectivity index (χ0v) is 7.46. The van der Waals surface area contributed by atoms with Crippen LogP contribution in [0.1, 0.15) is 11.0 Å². The van der Waals surface area contributed by atoms with Gasteiger partial charge in [-0.15, -0.1) is 0 Å². The van der Waals surface area contributed by atoms with Gasteiger partial charge >= 0.3 is 72.8 Å². The molecule has 0 N–H and O–H groups in total. The van der Waals surface area contributed by atoms with Gasteiger partial charge < -0.3 is 0 Å². The van der Waals surface area contributed by atoms with Gasteiger partial charge in [-0.25, -0.2) is 0 Å². The minimum atomic E-state index is 1.34. The van der Waals surface area contributed by atoms with E-state index in [-0.39, 0.29) is 0 Å². The molecule has 0 aliphatic rings. The molecule has 0 saturated carbocycles. The van der Waals surface area contributed by atoms with Crippen LogP contribution in [0.25, 0.3) is 10.7 Å². The standard InChI is InChI=1S/C11H11B/c1-8-7-9(2)12-11-6-4-3-5-10(8)11/h3-7H,1-2H3. The van der Waals surface area contributed by atoms with E-state index >= 15 is 0 Å². The van der Waals surface area contributed by atoms with Crippen molar-refractivity contribution in [1.82, 2.24) is 0 Å². The van der Waals surface area contributed by atoms with E-state index in [9.17, 15) is 0 Å². The topological polar surface area (TPSA) is 0 Å². The van der Waals surface area contributed by atoms with Crippen LogP contribution in [0.4, 0.5) is 0 Å². The third kappa shape index (κ3) is 1.16. The number of rotatable bonds is 0. The Morgan fingerprint density at radius 2 is 1.83 bits per heavy atom. The molecule has 0 aliphatic heterocycles. The van der Waals surface area contributed by atoms with Crippen molar-refractivity contribution in [3.8, 4) is 0 Å². The molecule has 0 amide bonds. The summed E-state index contributed by atoms with van der Waals surface area (Å²) < 4.78 is 0. The van der Waals surface area contributed by atoms with Gasteiger partial charge in [0.15, 0.2) is 0 Å². The average molecular weight is 154 g/mol. The molecule has 12 heavy (non-hydrogen) atoms.